The fraction of sp³-hybridized carbons (Fsp3) is 0.250. The lowest BCUT2D eigenvalue weighted by Gasteiger charge is -2.09. The first-order valence-corrected chi connectivity index (χ1v) is 12.5. The molecule has 0 radical (unpaired) electrons. The Bertz CT molecular complexity index is 1490. The molecule has 0 atom stereocenters. The molecule has 10 heteroatoms. The fourth-order valence-electron chi connectivity index (χ4n) is 3.84. The average molecular weight is 513 g/mol. The first kappa shape index (κ1) is 24.9. The van der Waals surface area contributed by atoms with Gasteiger partial charge in [-0.1, -0.05) is 36.4 Å². The number of fused-ring (bicyclic) bond motifs is 1. The first-order valence-electron chi connectivity index (χ1n) is 12.5. The molecule has 10 nitrogen and oxygen atoms in total. The molecule has 2 aliphatic rings. The summed E-state index contributed by atoms with van der Waals surface area (Å²) in [5.74, 6) is -0.648. The van der Waals surface area contributed by atoms with E-state index in [0.717, 1.165) is 48.2 Å². The zero-order valence-corrected chi connectivity index (χ0v) is 20.6. The van der Waals surface area contributed by atoms with E-state index in [9.17, 15) is 14.4 Å². The van der Waals surface area contributed by atoms with Crippen LogP contribution in [0.3, 0.4) is 0 Å². The van der Waals surface area contributed by atoms with Gasteiger partial charge < -0.3 is 16.2 Å². The number of nitrogens with two attached hydrogens (primary N) is 1. The van der Waals surface area contributed by atoms with Crippen LogP contribution in [0.15, 0.2) is 66.7 Å². The lowest BCUT2D eigenvalue weighted by atomic mass is 10.1. The third-order valence-corrected chi connectivity index (χ3v) is 6.36. The van der Waals surface area contributed by atoms with E-state index in [1.54, 1.807) is 22.7 Å². The lowest BCUT2D eigenvalue weighted by Crippen LogP contribution is -2.14. The molecule has 194 valence electrons. The molecule has 0 bridgehead atoms. The third-order valence-electron chi connectivity index (χ3n) is 6.36. The number of carbonyl (C=O) groups is 3. The second-order valence-corrected chi connectivity index (χ2v) is 9.49. The van der Waals surface area contributed by atoms with Crippen molar-refractivity contribution in [1.82, 2.24) is 14.6 Å². The predicted octanol–water partition coefficient (Wildman–Crippen LogP) is 3.94. The van der Waals surface area contributed by atoms with Crippen molar-refractivity contribution in [3.8, 4) is 11.3 Å². The second kappa shape index (κ2) is 10.7. The Hall–Kier alpha value is -4.73. The summed E-state index contributed by atoms with van der Waals surface area (Å²) in [4.78, 5) is 37.6. The van der Waals surface area contributed by atoms with Crippen molar-refractivity contribution in [2.45, 2.75) is 32.2 Å². The summed E-state index contributed by atoms with van der Waals surface area (Å²) in [5, 5.41) is 18.6. The van der Waals surface area contributed by atoms with Crippen LogP contribution in [-0.4, -0.2) is 37.5 Å². The smallest absolute Gasteiger partial charge is 0.306 e. The molecule has 4 aromatic rings. The predicted molar refractivity (Wildman–Crippen MR) is 142 cm³/mol. The van der Waals surface area contributed by atoms with Crippen molar-refractivity contribution in [1.29, 1.82) is 0 Å². The molecule has 2 aromatic heterocycles. The number of anilines is 2. The second-order valence-electron chi connectivity index (χ2n) is 9.49. The van der Waals surface area contributed by atoms with Crippen LogP contribution in [0, 0.1) is 11.8 Å². The molecule has 2 saturated carbocycles. The number of nitrogens with one attached hydrogen (secondary N) is 2. The molecule has 0 aliphatic heterocycles. The van der Waals surface area contributed by atoms with E-state index in [-0.39, 0.29) is 17.7 Å². The minimum Gasteiger partial charge on any atom is -0.481 e. The standard InChI is InChI=1S/C24H22N6O2.C4H6O2/c25-22(31)18-3-1-4-19(13-18)26-14-15-7-9-16(10-8-15)20-5-2-6-21-27-24(29-30(20)21)28-23(32)17-11-12-17;5-4(6)3-1-2-3/h1-10,13,17,26H,11-12,14H2,(H2,25,31)(H,28,29,32);3H,1-2H2,(H,5,6). The van der Waals surface area contributed by atoms with Gasteiger partial charge in [0.1, 0.15) is 0 Å². The van der Waals surface area contributed by atoms with Crippen molar-refractivity contribution >= 4 is 35.1 Å². The van der Waals surface area contributed by atoms with E-state index in [2.05, 4.69) is 20.7 Å². The number of primary amides is 1. The lowest BCUT2D eigenvalue weighted by molar-refractivity contribution is -0.138. The van der Waals surface area contributed by atoms with Gasteiger partial charge in [0.25, 0.3) is 0 Å². The molecule has 2 aromatic carbocycles. The summed E-state index contributed by atoms with van der Waals surface area (Å²) in [6.45, 7) is 0.605. The normalized spacial score (nSPS) is 14.3. The quantitative estimate of drug-likeness (QED) is 0.279. The van der Waals surface area contributed by atoms with Crippen LogP contribution in [0.4, 0.5) is 11.6 Å². The number of pyridine rings is 1. The maximum absolute atomic E-state index is 12.0. The van der Waals surface area contributed by atoms with Crippen molar-refractivity contribution in [3.05, 3.63) is 77.9 Å². The zero-order chi connectivity index (χ0) is 26.6. The summed E-state index contributed by atoms with van der Waals surface area (Å²) in [5.41, 5.74) is 10.3. The number of carbonyl (C=O) groups excluding carboxylic acids is 2. The van der Waals surface area contributed by atoms with Gasteiger partial charge in [0.05, 0.1) is 11.6 Å². The van der Waals surface area contributed by atoms with E-state index in [1.165, 1.54) is 0 Å². The minimum atomic E-state index is -0.630. The molecule has 2 aliphatic carbocycles. The Morgan fingerprint density at radius 3 is 2.29 bits per heavy atom. The molecule has 0 spiro atoms. The monoisotopic (exact) mass is 512 g/mol. The largest absolute Gasteiger partial charge is 0.481 e. The molecule has 2 amide bonds. The van der Waals surface area contributed by atoms with Crippen LogP contribution in [0.5, 0.6) is 0 Å². The number of carboxylic acid groups (broad SMARTS) is 1. The maximum Gasteiger partial charge on any atom is 0.306 e. The van der Waals surface area contributed by atoms with Crippen molar-refractivity contribution in [2.24, 2.45) is 17.6 Å². The molecule has 0 unspecified atom stereocenters. The number of aliphatic carboxylic acids is 1. The highest BCUT2D eigenvalue weighted by Gasteiger charge is 2.30. The Labute approximate surface area is 218 Å². The van der Waals surface area contributed by atoms with Crippen molar-refractivity contribution in [2.75, 3.05) is 10.6 Å². The highest BCUT2D eigenvalue weighted by atomic mass is 16.4. The van der Waals surface area contributed by atoms with Crippen LogP contribution in [0.25, 0.3) is 16.9 Å². The van der Waals surface area contributed by atoms with Gasteiger partial charge in [0.2, 0.25) is 17.8 Å². The number of rotatable bonds is 8. The van der Waals surface area contributed by atoms with Gasteiger partial charge >= 0.3 is 5.97 Å². The summed E-state index contributed by atoms with van der Waals surface area (Å²) in [6, 6.07) is 21.0. The van der Waals surface area contributed by atoms with Crippen LogP contribution in [0.2, 0.25) is 0 Å². The van der Waals surface area contributed by atoms with E-state index < -0.39 is 11.9 Å². The summed E-state index contributed by atoms with van der Waals surface area (Å²) < 4.78 is 1.74. The summed E-state index contributed by atoms with van der Waals surface area (Å²) in [6.07, 6.45) is 3.66. The number of aromatic nitrogens is 3. The van der Waals surface area contributed by atoms with E-state index in [1.807, 2.05) is 48.5 Å². The Morgan fingerprint density at radius 2 is 1.66 bits per heavy atom. The highest BCUT2D eigenvalue weighted by Crippen LogP contribution is 2.30. The summed E-state index contributed by atoms with van der Waals surface area (Å²) >= 11 is 0. The van der Waals surface area contributed by atoms with E-state index in [4.69, 9.17) is 10.8 Å². The van der Waals surface area contributed by atoms with Crippen molar-refractivity contribution in [3.63, 3.8) is 0 Å². The van der Waals surface area contributed by atoms with Gasteiger partial charge in [-0.25, -0.2) is 4.52 Å². The molecule has 0 saturated heterocycles. The number of carboxylic acids is 1. The molecular weight excluding hydrogens is 484 g/mol. The number of amides is 2. The minimum absolute atomic E-state index is 0.0133. The van der Waals surface area contributed by atoms with E-state index in [0.29, 0.717) is 23.7 Å². The third kappa shape index (κ3) is 6.15. The first-order chi connectivity index (χ1) is 18.4. The van der Waals surface area contributed by atoms with Crippen LogP contribution < -0.4 is 16.4 Å². The summed E-state index contributed by atoms with van der Waals surface area (Å²) in [7, 11) is 0. The fourth-order valence-corrected chi connectivity index (χ4v) is 3.84. The van der Waals surface area contributed by atoms with Gasteiger partial charge in [-0.05, 0) is 61.6 Å². The molecule has 38 heavy (non-hydrogen) atoms. The maximum atomic E-state index is 12.0. The van der Waals surface area contributed by atoms with Crippen molar-refractivity contribution < 1.29 is 19.5 Å². The van der Waals surface area contributed by atoms with Crippen LogP contribution in [-0.2, 0) is 16.1 Å². The number of benzene rings is 2. The SMILES string of the molecule is NC(=O)c1cccc(NCc2ccc(-c3cccc4nc(NC(=O)C5CC5)nn34)cc2)c1.O=C(O)C1CC1. The molecule has 2 fully saturated rings. The van der Waals surface area contributed by atoms with Gasteiger partial charge in [-0.2, -0.15) is 4.98 Å². The van der Waals surface area contributed by atoms with Gasteiger partial charge in [-0.15, -0.1) is 5.10 Å². The number of nitrogens with zero attached hydrogens (tertiary/aromatic N) is 3. The topological polar surface area (TPSA) is 152 Å². The molecule has 2 heterocycles. The van der Waals surface area contributed by atoms with Crippen LogP contribution in [0.1, 0.15) is 41.6 Å². The number of hydrogen-bond donors (Lipinski definition) is 4. The number of hydrogen-bond acceptors (Lipinski definition) is 6. The zero-order valence-electron chi connectivity index (χ0n) is 20.6. The highest BCUT2D eigenvalue weighted by molar-refractivity contribution is 5.94. The van der Waals surface area contributed by atoms with Gasteiger partial charge in [0.15, 0.2) is 5.65 Å². The van der Waals surface area contributed by atoms with Gasteiger partial charge in [0, 0.05) is 29.3 Å². The average Bonchev–Trinajstić information content (AvgIpc) is 3.84. The molecule has 5 N–H and O–H groups in total. The van der Waals surface area contributed by atoms with Gasteiger partial charge in [-0.3, -0.25) is 19.7 Å². The van der Waals surface area contributed by atoms with E-state index >= 15 is 0 Å². The Kier molecular flexibility index (Phi) is 7.03. The molecular formula is C28H28N6O4. The Morgan fingerprint density at radius 1 is 0.947 bits per heavy atom. The Balaban J connectivity index is 0.000000433. The van der Waals surface area contributed by atoms with Crippen LogP contribution >= 0.6 is 0 Å². The molecule has 6 rings (SSSR count).